The van der Waals surface area contributed by atoms with Gasteiger partial charge in [-0.05, 0) is 36.2 Å². The van der Waals surface area contributed by atoms with Crippen LogP contribution in [0.5, 0.6) is 0 Å². The normalized spacial score (nSPS) is 11.1. The summed E-state index contributed by atoms with van der Waals surface area (Å²) in [5.41, 5.74) is 2.04. The molecule has 0 fully saturated rings. The first-order valence-electron chi connectivity index (χ1n) is 4.53. The molecule has 1 heterocycles. The van der Waals surface area contributed by atoms with Crippen LogP contribution in [0.1, 0.15) is 13.3 Å². The van der Waals surface area contributed by atoms with E-state index >= 15 is 0 Å². The van der Waals surface area contributed by atoms with Crippen LogP contribution in [-0.4, -0.2) is 9.55 Å². The lowest BCUT2D eigenvalue weighted by molar-refractivity contribution is 0.698. The topological polar surface area (TPSA) is 17.8 Å². The van der Waals surface area contributed by atoms with Gasteiger partial charge in [0.1, 0.15) is 0 Å². The van der Waals surface area contributed by atoms with Gasteiger partial charge in [0.25, 0.3) is 0 Å². The molecule has 74 valence electrons. The Kier molecular flexibility index (Phi) is 2.79. The van der Waals surface area contributed by atoms with E-state index in [9.17, 15) is 0 Å². The van der Waals surface area contributed by atoms with E-state index in [1.54, 1.807) is 0 Å². The zero-order valence-electron chi connectivity index (χ0n) is 7.80. The third-order valence-electron chi connectivity index (χ3n) is 2.11. The minimum atomic E-state index is 0.569. The van der Waals surface area contributed by atoms with Crippen molar-refractivity contribution in [3.63, 3.8) is 0 Å². The SMILES string of the molecule is CCCn1c(Cl)nc2cc(Br)ccc21. The van der Waals surface area contributed by atoms with Crippen LogP contribution in [0.15, 0.2) is 22.7 Å². The molecule has 0 aliphatic rings. The predicted octanol–water partition coefficient (Wildman–Crippen LogP) is 3.86. The zero-order chi connectivity index (χ0) is 10.1. The van der Waals surface area contributed by atoms with E-state index in [0.717, 1.165) is 28.5 Å². The lowest BCUT2D eigenvalue weighted by Gasteiger charge is -2.02. The van der Waals surface area contributed by atoms with Gasteiger partial charge in [0.2, 0.25) is 5.28 Å². The van der Waals surface area contributed by atoms with Crippen molar-refractivity contribution in [3.8, 4) is 0 Å². The lowest BCUT2D eigenvalue weighted by atomic mass is 10.3. The van der Waals surface area contributed by atoms with Crippen LogP contribution in [0.4, 0.5) is 0 Å². The first kappa shape index (κ1) is 9.99. The Morgan fingerprint density at radius 3 is 3.00 bits per heavy atom. The largest absolute Gasteiger partial charge is 0.315 e. The van der Waals surface area contributed by atoms with E-state index in [1.807, 2.05) is 22.8 Å². The highest BCUT2D eigenvalue weighted by molar-refractivity contribution is 9.10. The fraction of sp³-hybridized carbons (Fsp3) is 0.300. The quantitative estimate of drug-likeness (QED) is 0.812. The summed E-state index contributed by atoms with van der Waals surface area (Å²) >= 11 is 9.45. The Hall–Kier alpha value is -0.540. The van der Waals surface area contributed by atoms with Gasteiger partial charge in [0.15, 0.2) is 0 Å². The first-order chi connectivity index (χ1) is 6.72. The van der Waals surface area contributed by atoms with Gasteiger partial charge in [-0.1, -0.05) is 22.9 Å². The van der Waals surface area contributed by atoms with Crippen LogP contribution in [-0.2, 0) is 6.54 Å². The maximum Gasteiger partial charge on any atom is 0.203 e. The maximum atomic E-state index is 6.04. The number of aryl methyl sites for hydroxylation is 1. The van der Waals surface area contributed by atoms with Crippen LogP contribution in [0, 0.1) is 0 Å². The van der Waals surface area contributed by atoms with E-state index in [1.165, 1.54) is 0 Å². The van der Waals surface area contributed by atoms with Gasteiger partial charge in [-0.3, -0.25) is 0 Å². The van der Waals surface area contributed by atoms with Crippen LogP contribution in [0.25, 0.3) is 11.0 Å². The van der Waals surface area contributed by atoms with Gasteiger partial charge in [0, 0.05) is 11.0 Å². The Labute approximate surface area is 96.0 Å². The summed E-state index contributed by atoms with van der Waals surface area (Å²) in [5.74, 6) is 0. The van der Waals surface area contributed by atoms with Crippen molar-refractivity contribution in [3.05, 3.63) is 28.0 Å². The Bertz CT molecular complexity index is 464. The molecule has 0 radical (unpaired) electrons. The van der Waals surface area contributed by atoms with E-state index in [4.69, 9.17) is 11.6 Å². The molecular formula is C10H10BrClN2. The number of nitrogens with zero attached hydrogens (tertiary/aromatic N) is 2. The van der Waals surface area contributed by atoms with E-state index in [0.29, 0.717) is 5.28 Å². The molecule has 0 aliphatic carbocycles. The van der Waals surface area contributed by atoms with Gasteiger partial charge in [-0.25, -0.2) is 4.98 Å². The molecule has 0 saturated heterocycles. The molecule has 0 spiro atoms. The highest BCUT2D eigenvalue weighted by atomic mass is 79.9. The smallest absolute Gasteiger partial charge is 0.203 e. The number of halogens is 2. The first-order valence-corrected chi connectivity index (χ1v) is 5.70. The Morgan fingerprint density at radius 2 is 2.29 bits per heavy atom. The highest BCUT2D eigenvalue weighted by Crippen LogP contribution is 2.23. The molecule has 1 aromatic heterocycles. The Morgan fingerprint density at radius 1 is 1.50 bits per heavy atom. The molecule has 0 unspecified atom stereocenters. The molecular weight excluding hydrogens is 263 g/mol. The molecule has 0 saturated carbocycles. The van der Waals surface area contributed by atoms with Crippen molar-refractivity contribution in [2.24, 2.45) is 0 Å². The standard InChI is InChI=1S/C10H10BrClN2/c1-2-5-14-9-4-3-7(11)6-8(9)13-10(14)12/h3-4,6H,2,5H2,1H3. The molecule has 1 aromatic carbocycles. The second-order valence-electron chi connectivity index (χ2n) is 3.17. The number of benzene rings is 1. The van der Waals surface area contributed by atoms with Crippen LogP contribution < -0.4 is 0 Å². The summed E-state index contributed by atoms with van der Waals surface area (Å²) in [5, 5.41) is 0.569. The van der Waals surface area contributed by atoms with E-state index in [-0.39, 0.29) is 0 Å². The van der Waals surface area contributed by atoms with Crippen molar-refractivity contribution in [2.45, 2.75) is 19.9 Å². The fourth-order valence-corrected chi connectivity index (χ4v) is 2.13. The van der Waals surface area contributed by atoms with Gasteiger partial charge in [-0.2, -0.15) is 0 Å². The minimum absolute atomic E-state index is 0.569. The molecule has 0 aliphatic heterocycles. The number of aromatic nitrogens is 2. The molecule has 0 atom stereocenters. The van der Waals surface area contributed by atoms with Crippen molar-refractivity contribution in [2.75, 3.05) is 0 Å². The molecule has 4 heteroatoms. The molecule has 14 heavy (non-hydrogen) atoms. The third-order valence-corrected chi connectivity index (χ3v) is 2.89. The Balaban J connectivity index is 2.64. The zero-order valence-corrected chi connectivity index (χ0v) is 10.1. The van der Waals surface area contributed by atoms with Crippen LogP contribution >= 0.6 is 27.5 Å². The summed E-state index contributed by atoms with van der Waals surface area (Å²) in [6, 6.07) is 6.02. The van der Waals surface area contributed by atoms with Crippen molar-refractivity contribution in [1.82, 2.24) is 9.55 Å². The fourth-order valence-electron chi connectivity index (χ4n) is 1.51. The summed E-state index contributed by atoms with van der Waals surface area (Å²) in [4.78, 5) is 4.29. The van der Waals surface area contributed by atoms with Crippen LogP contribution in [0.2, 0.25) is 5.28 Å². The number of imidazole rings is 1. The summed E-state index contributed by atoms with van der Waals surface area (Å²) < 4.78 is 3.06. The molecule has 2 nitrogen and oxygen atoms in total. The number of fused-ring (bicyclic) bond motifs is 1. The van der Waals surface area contributed by atoms with E-state index in [2.05, 4.69) is 27.8 Å². The minimum Gasteiger partial charge on any atom is -0.315 e. The maximum absolute atomic E-state index is 6.04. The predicted molar refractivity (Wildman–Crippen MR) is 62.7 cm³/mol. The van der Waals surface area contributed by atoms with Crippen molar-refractivity contribution < 1.29 is 0 Å². The monoisotopic (exact) mass is 272 g/mol. The van der Waals surface area contributed by atoms with E-state index < -0.39 is 0 Å². The van der Waals surface area contributed by atoms with Gasteiger partial charge in [0.05, 0.1) is 11.0 Å². The van der Waals surface area contributed by atoms with Gasteiger partial charge in [-0.15, -0.1) is 0 Å². The molecule has 0 amide bonds. The van der Waals surface area contributed by atoms with Crippen LogP contribution in [0.3, 0.4) is 0 Å². The van der Waals surface area contributed by atoms with Crippen molar-refractivity contribution in [1.29, 1.82) is 0 Å². The summed E-state index contributed by atoms with van der Waals surface area (Å²) in [6.07, 6.45) is 1.06. The highest BCUT2D eigenvalue weighted by Gasteiger charge is 2.07. The number of rotatable bonds is 2. The molecule has 0 N–H and O–H groups in total. The third kappa shape index (κ3) is 1.66. The molecule has 2 aromatic rings. The average Bonchev–Trinajstić information content (AvgIpc) is 2.43. The summed E-state index contributed by atoms with van der Waals surface area (Å²) in [7, 11) is 0. The average molecular weight is 274 g/mol. The number of hydrogen-bond donors (Lipinski definition) is 0. The molecule has 0 bridgehead atoms. The molecule has 2 rings (SSSR count). The second kappa shape index (κ2) is 3.91. The van der Waals surface area contributed by atoms with Gasteiger partial charge < -0.3 is 4.57 Å². The van der Waals surface area contributed by atoms with Gasteiger partial charge >= 0.3 is 0 Å². The second-order valence-corrected chi connectivity index (χ2v) is 4.42. The summed E-state index contributed by atoms with van der Waals surface area (Å²) in [6.45, 7) is 3.04. The number of hydrogen-bond acceptors (Lipinski definition) is 1. The van der Waals surface area contributed by atoms with Crippen molar-refractivity contribution >= 4 is 38.6 Å². The lowest BCUT2D eigenvalue weighted by Crippen LogP contribution is -1.95.